The van der Waals surface area contributed by atoms with Gasteiger partial charge in [-0.1, -0.05) is 6.92 Å². The summed E-state index contributed by atoms with van der Waals surface area (Å²) in [5.74, 6) is 3.23. The summed E-state index contributed by atoms with van der Waals surface area (Å²) in [6, 6.07) is 0. The van der Waals surface area contributed by atoms with E-state index in [9.17, 15) is 18.3 Å². The van der Waals surface area contributed by atoms with Gasteiger partial charge in [0.15, 0.2) is 0 Å². The molecule has 8 atom stereocenters. The van der Waals surface area contributed by atoms with Crippen molar-refractivity contribution in [3.63, 3.8) is 0 Å². The number of carbonyl (C=O) groups is 1. The van der Waals surface area contributed by atoms with Crippen molar-refractivity contribution in [3.8, 4) is 0 Å². The molecule has 0 saturated heterocycles. The third kappa shape index (κ3) is 3.74. The van der Waals surface area contributed by atoms with Gasteiger partial charge in [0, 0.05) is 16.7 Å². The Bertz CT molecular complexity index is 692. The molecule has 4 aliphatic rings. The van der Waals surface area contributed by atoms with E-state index in [1.54, 1.807) is 0 Å². The van der Waals surface area contributed by atoms with Crippen LogP contribution < -0.4 is 0 Å². The summed E-state index contributed by atoms with van der Waals surface area (Å²) in [5.41, 5.74) is -0.0148. The van der Waals surface area contributed by atoms with E-state index in [1.807, 2.05) is 0 Å². The van der Waals surface area contributed by atoms with Crippen molar-refractivity contribution in [1.29, 1.82) is 0 Å². The van der Waals surface area contributed by atoms with E-state index in [1.165, 1.54) is 19.3 Å². The molecule has 2 N–H and O–H groups in total. The first-order valence-corrected chi connectivity index (χ1v) is 13.5. The molecule has 154 valence electrons. The molecule has 4 fully saturated rings. The van der Waals surface area contributed by atoms with Crippen LogP contribution >= 0.6 is 10.8 Å². The summed E-state index contributed by atoms with van der Waals surface area (Å²) >= 11 is 0. The number of aliphatic hydroxyl groups excluding tert-OH is 1. The molecule has 27 heavy (non-hydrogen) atoms. The summed E-state index contributed by atoms with van der Waals surface area (Å²) < 4.78 is 31.0. The Morgan fingerprint density at radius 3 is 2.52 bits per heavy atom. The minimum Gasteiger partial charge on any atom is -0.393 e. The van der Waals surface area contributed by atoms with Crippen molar-refractivity contribution in [3.05, 3.63) is 0 Å². The van der Waals surface area contributed by atoms with Gasteiger partial charge in [0.2, 0.25) is 0 Å². The van der Waals surface area contributed by atoms with Gasteiger partial charge >= 0.3 is 9.15 Å². The summed E-state index contributed by atoms with van der Waals surface area (Å²) in [6.07, 6.45) is 9.57. The molecular formula is C20H32O5S2. The average Bonchev–Trinajstić information content (AvgIpc) is 2.96. The molecule has 0 heterocycles. The fourth-order valence-electron chi connectivity index (χ4n) is 7.59. The van der Waals surface area contributed by atoms with Crippen molar-refractivity contribution >= 4 is 25.7 Å². The molecular weight excluding hydrogens is 384 g/mol. The highest BCUT2D eigenvalue weighted by molar-refractivity contribution is 8.70. The minimum atomic E-state index is -4.16. The molecule has 7 heteroatoms. The third-order valence-corrected chi connectivity index (χ3v) is 10.6. The molecule has 0 spiro atoms. The van der Waals surface area contributed by atoms with Crippen LogP contribution in [0.4, 0.5) is 0 Å². The van der Waals surface area contributed by atoms with Crippen molar-refractivity contribution in [2.24, 2.45) is 40.9 Å². The van der Waals surface area contributed by atoms with Crippen LogP contribution in [-0.2, 0) is 13.9 Å². The smallest absolute Gasteiger partial charge is 0.320 e. The van der Waals surface area contributed by atoms with Gasteiger partial charge in [0.05, 0.1) is 11.9 Å². The third-order valence-electron chi connectivity index (χ3n) is 8.67. The largest absolute Gasteiger partial charge is 0.393 e. The number of Topliss-reactive ketones (excluding diaryl/α,β-unsaturated/α-hetero) is 1. The Balaban J connectivity index is 1.47. The lowest BCUT2D eigenvalue weighted by molar-refractivity contribution is -0.128. The quantitative estimate of drug-likeness (QED) is 0.536. The van der Waals surface area contributed by atoms with Gasteiger partial charge in [-0.05, 0) is 92.8 Å². The number of carbonyl (C=O) groups excluding carboxylic acids is 1. The second-order valence-electron chi connectivity index (χ2n) is 9.73. The van der Waals surface area contributed by atoms with Gasteiger partial charge in [-0.3, -0.25) is 9.35 Å². The number of aliphatic hydroxyl groups is 1. The second kappa shape index (κ2) is 7.29. The van der Waals surface area contributed by atoms with Gasteiger partial charge in [-0.25, -0.2) is 0 Å². The fourth-order valence-corrected chi connectivity index (χ4v) is 8.85. The summed E-state index contributed by atoms with van der Waals surface area (Å²) in [4.78, 5) is 12.8. The number of fused-ring (bicyclic) bond motifs is 5. The lowest BCUT2D eigenvalue weighted by Gasteiger charge is -2.56. The van der Waals surface area contributed by atoms with Gasteiger partial charge in [0.25, 0.3) is 0 Å². The molecule has 0 aromatic heterocycles. The Labute approximate surface area is 166 Å². The molecule has 0 aromatic rings. The van der Waals surface area contributed by atoms with Crippen LogP contribution in [0, 0.1) is 40.9 Å². The fraction of sp³-hybridized carbons (Fsp3) is 0.950. The molecule has 7 unspecified atom stereocenters. The van der Waals surface area contributed by atoms with Crippen LogP contribution in [0.15, 0.2) is 0 Å². The van der Waals surface area contributed by atoms with Crippen molar-refractivity contribution < 1.29 is 22.9 Å². The lowest BCUT2D eigenvalue weighted by atomic mass is 9.49. The second-order valence-corrected chi connectivity index (χ2v) is 13.1. The maximum atomic E-state index is 12.8. The average molecular weight is 417 g/mol. The zero-order valence-corrected chi connectivity index (χ0v) is 17.7. The molecule has 5 nitrogen and oxygen atoms in total. The predicted octanol–water partition coefficient (Wildman–Crippen LogP) is 3.72. The van der Waals surface area contributed by atoms with Crippen molar-refractivity contribution in [2.75, 3.05) is 5.75 Å². The van der Waals surface area contributed by atoms with Crippen LogP contribution in [0.2, 0.25) is 0 Å². The van der Waals surface area contributed by atoms with Crippen molar-refractivity contribution in [1.82, 2.24) is 0 Å². The Kier molecular flexibility index (Phi) is 5.45. The van der Waals surface area contributed by atoms with E-state index in [4.69, 9.17) is 4.55 Å². The highest BCUT2D eigenvalue weighted by atomic mass is 33.1. The molecule has 0 bridgehead atoms. The van der Waals surface area contributed by atoms with E-state index in [0.717, 1.165) is 50.4 Å². The molecule has 4 saturated carbocycles. The first kappa shape index (κ1) is 20.2. The molecule has 0 aliphatic heterocycles. The summed E-state index contributed by atoms with van der Waals surface area (Å²) in [6.45, 7) is 2.26. The minimum absolute atomic E-state index is 0.00412. The molecule has 0 radical (unpaired) electrons. The van der Waals surface area contributed by atoms with E-state index in [2.05, 4.69) is 6.92 Å². The van der Waals surface area contributed by atoms with Crippen LogP contribution in [0.1, 0.15) is 64.7 Å². The van der Waals surface area contributed by atoms with E-state index >= 15 is 0 Å². The Morgan fingerprint density at radius 1 is 1.04 bits per heavy atom. The topological polar surface area (TPSA) is 91.7 Å². The molecule has 0 amide bonds. The lowest BCUT2D eigenvalue weighted by Crippen LogP contribution is -2.49. The van der Waals surface area contributed by atoms with Crippen LogP contribution in [0.25, 0.3) is 0 Å². The zero-order valence-electron chi connectivity index (χ0n) is 16.0. The molecule has 4 rings (SSSR count). The predicted molar refractivity (Wildman–Crippen MR) is 106 cm³/mol. The molecule has 0 aromatic carbocycles. The Hall–Kier alpha value is -0.110. The van der Waals surface area contributed by atoms with Gasteiger partial charge in [-0.2, -0.15) is 8.42 Å². The number of hydrogen-bond donors (Lipinski definition) is 2. The van der Waals surface area contributed by atoms with E-state index in [0.29, 0.717) is 28.5 Å². The Morgan fingerprint density at radius 2 is 1.78 bits per heavy atom. The van der Waals surface area contributed by atoms with E-state index in [-0.39, 0.29) is 29.0 Å². The number of hydrogen-bond acceptors (Lipinski definition) is 5. The van der Waals surface area contributed by atoms with Gasteiger partial charge in [-0.15, -0.1) is 0 Å². The van der Waals surface area contributed by atoms with Gasteiger partial charge < -0.3 is 5.11 Å². The zero-order chi connectivity index (χ0) is 19.4. The maximum absolute atomic E-state index is 12.8. The summed E-state index contributed by atoms with van der Waals surface area (Å²) in [7, 11) is -3.80. The van der Waals surface area contributed by atoms with Crippen molar-refractivity contribution in [2.45, 2.75) is 70.8 Å². The highest BCUT2D eigenvalue weighted by Crippen LogP contribution is 2.64. The SMILES string of the molecule is CC12CCC3C4CCC(O)CC4CCC3C1CC[C@@H]2C(=O)CSS(=O)(=O)O. The number of ketones is 1. The van der Waals surface area contributed by atoms with E-state index < -0.39 is 9.15 Å². The normalized spacial score (nSPS) is 47.0. The number of rotatable bonds is 4. The highest BCUT2D eigenvalue weighted by Gasteiger charge is 2.58. The van der Waals surface area contributed by atoms with Crippen LogP contribution in [0.3, 0.4) is 0 Å². The van der Waals surface area contributed by atoms with Crippen LogP contribution in [0.5, 0.6) is 0 Å². The van der Waals surface area contributed by atoms with Gasteiger partial charge in [0.1, 0.15) is 5.78 Å². The summed E-state index contributed by atoms with van der Waals surface area (Å²) in [5, 5.41) is 10.0. The standard InChI is InChI=1S/C20H32O5S2/c1-20-9-8-15-14-5-3-13(21)10-12(14)2-4-16(15)17(20)6-7-18(20)19(22)11-26-27(23,24)25/h12-18,21H,2-11H2,1H3,(H,23,24,25)/t12?,13?,14?,15?,16?,17?,18-,20?/m1/s1. The first-order valence-electron chi connectivity index (χ1n) is 10.5. The monoisotopic (exact) mass is 416 g/mol. The first-order chi connectivity index (χ1) is 12.7. The molecule has 4 aliphatic carbocycles. The van der Waals surface area contributed by atoms with Crippen LogP contribution in [-0.4, -0.2) is 35.7 Å². The maximum Gasteiger partial charge on any atom is 0.320 e.